The minimum Gasteiger partial charge on any atom is -0.464 e. The Hall–Kier alpha value is -2.26. The van der Waals surface area contributed by atoms with E-state index < -0.39 is 0 Å². The first-order valence-corrected chi connectivity index (χ1v) is 7.76. The maximum Gasteiger partial charge on any atom is 0.355 e. The van der Waals surface area contributed by atoms with Crippen LogP contribution in [0.4, 0.5) is 0 Å². The third kappa shape index (κ3) is 2.41. The third-order valence-corrected chi connectivity index (χ3v) is 4.47. The van der Waals surface area contributed by atoms with Crippen LogP contribution in [0.3, 0.4) is 0 Å². The van der Waals surface area contributed by atoms with Crippen molar-refractivity contribution in [3.63, 3.8) is 0 Å². The van der Waals surface area contributed by atoms with Crippen LogP contribution >= 0.6 is 11.6 Å². The summed E-state index contributed by atoms with van der Waals surface area (Å²) in [6.45, 7) is 4.10. The van der Waals surface area contributed by atoms with E-state index in [2.05, 4.69) is 12.1 Å². The van der Waals surface area contributed by atoms with E-state index in [1.807, 2.05) is 49.7 Å². The normalized spacial score (nSPS) is 11.0. The molecule has 0 fully saturated rings. The number of aromatic nitrogens is 1. The van der Waals surface area contributed by atoms with Gasteiger partial charge in [0.2, 0.25) is 0 Å². The Morgan fingerprint density at radius 2 is 1.87 bits per heavy atom. The van der Waals surface area contributed by atoms with E-state index >= 15 is 0 Å². The van der Waals surface area contributed by atoms with Gasteiger partial charge in [0.25, 0.3) is 0 Å². The second-order valence-electron chi connectivity index (χ2n) is 5.73. The van der Waals surface area contributed by atoms with E-state index in [9.17, 15) is 4.79 Å². The first kappa shape index (κ1) is 15.6. The summed E-state index contributed by atoms with van der Waals surface area (Å²) in [6, 6.07) is 11.8. The summed E-state index contributed by atoms with van der Waals surface area (Å²) in [5, 5.41) is 1.63. The number of hydrogen-bond donors (Lipinski definition) is 0. The van der Waals surface area contributed by atoms with Crippen molar-refractivity contribution in [3.8, 4) is 11.1 Å². The van der Waals surface area contributed by atoms with Gasteiger partial charge in [0.05, 0.1) is 12.6 Å². The Morgan fingerprint density at radius 1 is 1.17 bits per heavy atom. The van der Waals surface area contributed by atoms with Crippen molar-refractivity contribution in [2.24, 2.45) is 7.05 Å². The topological polar surface area (TPSA) is 31.2 Å². The smallest absolute Gasteiger partial charge is 0.355 e. The summed E-state index contributed by atoms with van der Waals surface area (Å²) < 4.78 is 6.91. The number of benzene rings is 2. The van der Waals surface area contributed by atoms with E-state index in [-0.39, 0.29) is 5.97 Å². The van der Waals surface area contributed by atoms with Crippen LogP contribution in [0.15, 0.2) is 36.4 Å². The van der Waals surface area contributed by atoms with Crippen molar-refractivity contribution in [1.82, 2.24) is 4.57 Å². The van der Waals surface area contributed by atoms with E-state index in [4.69, 9.17) is 16.3 Å². The number of esters is 1. The summed E-state index contributed by atoms with van der Waals surface area (Å²) >= 11 is 6.41. The molecule has 0 radical (unpaired) electrons. The summed E-state index contributed by atoms with van der Waals surface area (Å²) in [6.07, 6.45) is 0. The number of ether oxygens (including phenoxy) is 1. The SMILES string of the molecule is COC(=O)c1c(-c2ccccc2Cl)c2cc(C)cc(C)c2n1C. The van der Waals surface area contributed by atoms with Crippen molar-refractivity contribution >= 4 is 28.5 Å². The largest absolute Gasteiger partial charge is 0.464 e. The molecule has 0 saturated carbocycles. The number of carbonyl (C=O) groups excluding carboxylic acids is 1. The van der Waals surface area contributed by atoms with Gasteiger partial charge in [-0.3, -0.25) is 0 Å². The van der Waals surface area contributed by atoms with Crippen LogP contribution in [-0.4, -0.2) is 17.6 Å². The molecule has 0 bridgehead atoms. The molecule has 23 heavy (non-hydrogen) atoms. The Kier molecular flexibility index (Phi) is 3.90. The molecule has 0 atom stereocenters. The lowest BCUT2D eigenvalue weighted by atomic mass is 9.99. The van der Waals surface area contributed by atoms with Crippen molar-refractivity contribution in [3.05, 3.63) is 58.2 Å². The minimum atomic E-state index is -0.365. The van der Waals surface area contributed by atoms with E-state index in [0.29, 0.717) is 10.7 Å². The van der Waals surface area contributed by atoms with Gasteiger partial charge in [-0.25, -0.2) is 4.79 Å². The van der Waals surface area contributed by atoms with Gasteiger partial charge in [0, 0.05) is 28.6 Å². The predicted octanol–water partition coefficient (Wildman–Crippen LogP) is 4.90. The number of rotatable bonds is 2. The average molecular weight is 328 g/mol. The average Bonchev–Trinajstić information content (AvgIpc) is 2.79. The number of hydrogen-bond acceptors (Lipinski definition) is 2. The molecule has 4 heteroatoms. The maximum atomic E-state index is 12.4. The Morgan fingerprint density at radius 3 is 2.52 bits per heavy atom. The molecule has 0 spiro atoms. The fraction of sp³-hybridized carbons (Fsp3) is 0.211. The molecule has 3 rings (SSSR count). The number of halogens is 1. The van der Waals surface area contributed by atoms with Gasteiger partial charge in [-0.2, -0.15) is 0 Å². The molecule has 0 amide bonds. The quantitative estimate of drug-likeness (QED) is 0.627. The first-order valence-electron chi connectivity index (χ1n) is 7.38. The molecular weight excluding hydrogens is 310 g/mol. The highest BCUT2D eigenvalue weighted by molar-refractivity contribution is 6.34. The predicted molar refractivity (Wildman–Crippen MR) is 94.2 cm³/mol. The van der Waals surface area contributed by atoms with E-state index in [1.165, 1.54) is 7.11 Å². The van der Waals surface area contributed by atoms with Crippen LogP contribution < -0.4 is 0 Å². The Balaban J connectivity index is 2.52. The van der Waals surface area contributed by atoms with Gasteiger partial charge < -0.3 is 9.30 Å². The van der Waals surface area contributed by atoms with Crippen molar-refractivity contribution in [2.45, 2.75) is 13.8 Å². The second kappa shape index (κ2) is 5.74. The highest BCUT2D eigenvalue weighted by atomic mass is 35.5. The van der Waals surface area contributed by atoms with Crippen LogP contribution in [0.1, 0.15) is 21.6 Å². The van der Waals surface area contributed by atoms with Crippen LogP contribution in [0.25, 0.3) is 22.0 Å². The lowest BCUT2D eigenvalue weighted by Gasteiger charge is -2.07. The zero-order valence-electron chi connectivity index (χ0n) is 13.6. The fourth-order valence-electron chi connectivity index (χ4n) is 3.28. The van der Waals surface area contributed by atoms with Crippen molar-refractivity contribution in [1.29, 1.82) is 0 Å². The van der Waals surface area contributed by atoms with Crippen LogP contribution in [0, 0.1) is 13.8 Å². The standard InChI is InChI=1S/C19H18ClNO2/c1-11-9-12(2)17-14(10-11)16(13-7-5-6-8-15(13)20)18(21(17)3)19(22)23-4/h5-10H,1-4H3. The maximum absolute atomic E-state index is 12.4. The summed E-state index contributed by atoms with van der Waals surface area (Å²) in [4.78, 5) is 12.4. The van der Waals surface area contributed by atoms with Crippen molar-refractivity contribution < 1.29 is 9.53 Å². The molecule has 0 unspecified atom stereocenters. The van der Waals surface area contributed by atoms with Gasteiger partial charge in [-0.15, -0.1) is 0 Å². The van der Waals surface area contributed by atoms with Gasteiger partial charge >= 0.3 is 5.97 Å². The molecule has 1 aromatic heterocycles. The Bertz CT molecular complexity index is 925. The van der Waals surface area contributed by atoms with Crippen LogP contribution in [0.5, 0.6) is 0 Å². The van der Waals surface area contributed by atoms with Gasteiger partial charge in [-0.05, 0) is 31.5 Å². The third-order valence-electron chi connectivity index (χ3n) is 4.14. The first-order chi connectivity index (χ1) is 11.0. The monoisotopic (exact) mass is 327 g/mol. The summed E-state index contributed by atoms with van der Waals surface area (Å²) in [7, 11) is 3.28. The molecule has 0 N–H and O–H groups in total. The minimum absolute atomic E-state index is 0.365. The van der Waals surface area contributed by atoms with E-state index in [1.54, 1.807) is 0 Å². The van der Waals surface area contributed by atoms with Gasteiger partial charge in [0.1, 0.15) is 5.69 Å². The number of carbonyl (C=O) groups is 1. The highest BCUT2D eigenvalue weighted by Crippen LogP contribution is 2.39. The number of methoxy groups -OCH3 is 1. The second-order valence-corrected chi connectivity index (χ2v) is 6.14. The Labute approximate surface area is 140 Å². The van der Waals surface area contributed by atoms with Crippen LogP contribution in [-0.2, 0) is 11.8 Å². The number of nitrogens with zero attached hydrogens (tertiary/aromatic N) is 1. The molecule has 0 saturated heterocycles. The fourth-order valence-corrected chi connectivity index (χ4v) is 3.51. The van der Waals surface area contributed by atoms with Gasteiger partial charge in [-0.1, -0.05) is 41.4 Å². The molecular formula is C19H18ClNO2. The van der Waals surface area contributed by atoms with E-state index in [0.717, 1.165) is 33.2 Å². The van der Waals surface area contributed by atoms with Crippen molar-refractivity contribution in [2.75, 3.05) is 7.11 Å². The zero-order chi connectivity index (χ0) is 16.7. The van der Waals surface area contributed by atoms with Crippen LogP contribution in [0.2, 0.25) is 5.02 Å². The lowest BCUT2D eigenvalue weighted by molar-refractivity contribution is 0.0591. The molecule has 3 aromatic rings. The summed E-state index contributed by atoms with van der Waals surface area (Å²) in [5.41, 5.74) is 5.46. The molecule has 118 valence electrons. The summed E-state index contributed by atoms with van der Waals surface area (Å²) in [5.74, 6) is -0.365. The number of aryl methyl sites for hydroxylation is 3. The molecule has 0 aliphatic rings. The molecule has 0 aliphatic heterocycles. The lowest BCUT2D eigenvalue weighted by Crippen LogP contribution is -2.09. The molecule has 1 heterocycles. The zero-order valence-corrected chi connectivity index (χ0v) is 14.4. The number of fused-ring (bicyclic) bond motifs is 1. The highest BCUT2D eigenvalue weighted by Gasteiger charge is 2.25. The molecule has 2 aromatic carbocycles. The molecule has 0 aliphatic carbocycles. The van der Waals surface area contributed by atoms with Gasteiger partial charge in [0.15, 0.2) is 0 Å². The molecule has 3 nitrogen and oxygen atoms in total.